The summed E-state index contributed by atoms with van der Waals surface area (Å²) in [4.78, 5) is 0. The predicted octanol–water partition coefficient (Wildman–Crippen LogP) is 3.29. The van der Waals surface area contributed by atoms with Crippen LogP contribution >= 0.6 is 0 Å². The molecule has 0 radical (unpaired) electrons. The lowest BCUT2D eigenvalue weighted by Crippen LogP contribution is -2.25. The van der Waals surface area contributed by atoms with Gasteiger partial charge in [-0.15, -0.1) is 0 Å². The van der Waals surface area contributed by atoms with Crippen molar-refractivity contribution in [1.82, 2.24) is 0 Å². The molecule has 19 heavy (non-hydrogen) atoms. The molecule has 4 rings (SSSR count). The van der Waals surface area contributed by atoms with Gasteiger partial charge in [-0.05, 0) is 21.7 Å². The molecular formula is C17H14O2. The number of aliphatic hydroxyl groups is 1. The van der Waals surface area contributed by atoms with E-state index in [0.29, 0.717) is 13.0 Å². The summed E-state index contributed by atoms with van der Waals surface area (Å²) in [7, 11) is 0. The third-order valence-corrected chi connectivity index (χ3v) is 3.83. The lowest BCUT2D eigenvalue weighted by atomic mass is 9.96. The van der Waals surface area contributed by atoms with Crippen LogP contribution in [0.15, 0.2) is 48.5 Å². The molecule has 1 aliphatic heterocycles. The van der Waals surface area contributed by atoms with E-state index in [1.165, 1.54) is 16.2 Å². The molecule has 1 atom stereocenters. The van der Waals surface area contributed by atoms with Gasteiger partial charge in [0.25, 0.3) is 0 Å². The summed E-state index contributed by atoms with van der Waals surface area (Å²) in [5.41, 5.74) is 1.10. The van der Waals surface area contributed by atoms with Crippen LogP contribution < -0.4 is 4.74 Å². The van der Waals surface area contributed by atoms with Gasteiger partial charge >= 0.3 is 0 Å². The minimum Gasteiger partial charge on any atom is -0.490 e. The maximum Gasteiger partial charge on any atom is 0.130 e. The van der Waals surface area contributed by atoms with Gasteiger partial charge in [0.1, 0.15) is 12.4 Å². The van der Waals surface area contributed by atoms with Gasteiger partial charge in [-0.1, -0.05) is 48.5 Å². The highest BCUT2D eigenvalue weighted by atomic mass is 16.5. The minimum atomic E-state index is -0.384. The van der Waals surface area contributed by atoms with Crippen molar-refractivity contribution in [3.63, 3.8) is 0 Å². The molecule has 1 unspecified atom stereocenters. The standard InChI is InChI=1S/C17H14O2/c18-13-9-12-6-7-15-14-4-2-1-3-11(14)5-8-16(15)17(12)19-10-13/h1-8,13,18H,9-10H2. The van der Waals surface area contributed by atoms with Gasteiger partial charge in [0, 0.05) is 11.8 Å². The molecule has 1 N–H and O–H groups in total. The predicted molar refractivity (Wildman–Crippen MR) is 76.7 cm³/mol. The van der Waals surface area contributed by atoms with Crippen LogP contribution in [0.4, 0.5) is 0 Å². The normalized spacial score (nSPS) is 18.3. The highest BCUT2D eigenvalue weighted by molar-refractivity contribution is 6.09. The molecule has 0 saturated carbocycles. The molecule has 0 fully saturated rings. The first-order valence-electron chi connectivity index (χ1n) is 6.57. The summed E-state index contributed by atoms with van der Waals surface area (Å²) in [6.07, 6.45) is 0.295. The Morgan fingerprint density at radius 3 is 2.68 bits per heavy atom. The van der Waals surface area contributed by atoms with Crippen molar-refractivity contribution in [2.75, 3.05) is 6.61 Å². The van der Waals surface area contributed by atoms with Crippen molar-refractivity contribution in [2.24, 2.45) is 0 Å². The van der Waals surface area contributed by atoms with Crippen LogP contribution in [0.3, 0.4) is 0 Å². The van der Waals surface area contributed by atoms with E-state index in [-0.39, 0.29) is 6.10 Å². The fraction of sp³-hybridized carbons (Fsp3) is 0.176. The fourth-order valence-electron chi connectivity index (χ4n) is 2.93. The largest absolute Gasteiger partial charge is 0.490 e. The summed E-state index contributed by atoms with van der Waals surface area (Å²) in [5.74, 6) is 0.938. The molecular weight excluding hydrogens is 236 g/mol. The van der Waals surface area contributed by atoms with Crippen LogP contribution in [-0.4, -0.2) is 17.8 Å². The molecule has 0 saturated heterocycles. The molecule has 0 aromatic heterocycles. The average Bonchev–Trinajstić information content (AvgIpc) is 2.46. The Labute approximate surface area is 111 Å². The first-order chi connectivity index (χ1) is 9.33. The van der Waals surface area contributed by atoms with Gasteiger partial charge in [0.15, 0.2) is 0 Å². The van der Waals surface area contributed by atoms with Crippen molar-refractivity contribution in [2.45, 2.75) is 12.5 Å². The van der Waals surface area contributed by atoms with Crippen LogP contribution in [-0.2, 0) is 6.42 Å². The summed E-state index contributed by atoms with van der Waals surface area (Å²) < 4.78 is 5.75. The number of aliphatic hydroxyl groups excluding tert-OH is 1. The SMILES string of the molecule is OC1COc2c(ccc3c2ccc2ccccc23)C1. The maximum absolute atomic E-state index is 9.67. The smallest absolute Gasteiger partial charge is 0.130 e. The Morgan fingerprint density at radius 2 is 1.74 bits per heavy atom. The second-order valence-corrected chi connectivity index (χ2v) is 5.10. The molecule has 3 aromatic carbocycles. The van der Waals surface area contributed by atoms with E-state index in [4.69, 9.17) is 4.74 Å². The number of hydrogen-bond donors (Lipinski definition) is 1. The van der Waals surface area contributed by atoms with Crippen LogP contribution in [0.5, 0.6) is 5.75 Å². The van der Waals surface area contributed by atoms with Crippen molar-refractivity contribution in [3.05, 3.63) is 54.1 Å². The van der Waals surface area contributed by atoms with E-state index in [0.717, 1.165) is 16.7 Å². The third-order valence-electron chi connectivity index (χ3n) is 3.83. The lowest BCUT2D eigenvalue weighted by molar-refractivity contribution is 0.0933. The average molecular weight is 250 g/mol. The highest BCUT2D eigenvalue weighted by Gasteiger charge is 2.20. The molecule has 2 heteroatoms. The van der Waals surface area contributed by atoms with Crippen LogP contribution in [0, 0.1) is 0 Å². The summed E-state index contributed by atoms with van der Waals surface area (Å²) >= 11 is 0. The second-order valence-electron chi connectivity index (χ2n) is 5.10. The lowest BCUT2D eigenvalue weighted by Gasteiger charge is -2.23. The zero-order valence-corrected chi connectivity index (χ0v) is 10.5. The quantitative estimate of drug-likeness (QED) is 0.620. The van der Waals surface area contributed by atoms with Crippen molar-refractivity contribution in [1.29, 1.82) is 0 Å². The van der Waals surface area contributed by atoms with Crippen LogP contribution in [0.2, 0.25) is 0 Å². The second kappa shape index (κ2) is 3.97. The van der Waals surface area contributed by atoms with Gasteiger partial charge in [-0.2, -0.15) is 0 Å². The van der Waals surface area contributed by atoms with Gasteiger partial charge < -0.3 is 9.84 Å². The van der Waals surface area contributed by atoms with Gasteiger partial charge in [-0.3, -0.25) is 0 Å². The molecule has 1 heterocycles. The maximum atomic E-state index is 9.67. The Hall–Kier alpha value is -2.06. The van der Waals surface area contributed by atoms with Crippen LogP contribution in [0.1, 0.15) is 5.56 Å². The first-order valence-corrected chi connectivity index (χ1v) is 6.57. The monoisotopic (exact) mass is 250 g/mol. The summed E-state index contributed by atoms with van der Waals surface area (Å²) in [6, 6.07) is 16.8. The Kier molecular flexibility index (Phi) is 2.26. The van der Waals surface area contributed by atoms with Crippen molar-refractivity contribution in [3.8, 4) is 5.75 Å². The minimum absolute atomic E-state index is 0.384. The molecule has 0 aliphatic carbocycles. The molecule has 0 bridgehead atoms. The van der Waals surface area contributed by atoms with E-state index in [9.17, 15) is 5.11 Å². The highest BCUT2D eigenvalue weighted by Crippen LogP contribution is 2.36. The van der Waals surface area contributed by atoms with E-state index in [1.54, 1.807) is 0 Å². The molecule has 0 spiro atoms. The van der Waals surface area contributed by atoms with Crippen LogP contribution in [0.25, 0.3) is 21.5 Å². The van der Waals surface area contributed by atoms with Crippen molar-refractivity contribution < 1.29 is 9.84 Å². The molecule has 1 aliphatic rings. The van der Waals surface area contributed by atoms with E-state index >= 15 is 0 Å². The number of benzene rings is 3. The van der Waals surface area contributed by atoms with Gasteiger partial charge in [-0.25, -0.2) is 0 Å². The van der Waals surface area contributed by atoms with Gasteiger partial charge in [0.2, 0.25) is 0 Å². The van der Waals surface area contributed by atoms with E-state index < -0.39 is 0 Å². The third kappa shape index (κ3) is 1.60. The molecule has 2 nitrogen and oxygen atoms in total. The zero-order chi connectivity index (χ0) is 12.8. The molecule has 3 aromatic rings. The number of hydrogen-bond acceptors (Lipinski definition) is 2. The Morgan fingerprint density at radius 1 is 0.895 bits per heavy atom. The van der Waals surface area contributed by atoms with E-state index in [1.807, 2.05) is 0 Å². The fourth-order valence-corrected chi connectivity index (χ4v) is 2.93. The Balaban J connectivity index is 2.08. The molecule has 94 valence electrons. The summed E-state index contributed by atoms with van der Waals surface area (Å²) in [5, 5.41) is 14.5. The summed E-state index contributed by atoms with van der Waals surface area (Å²) in [6.45, 7) is 0.388. The molecule has 0 amide bonds. The number of fused-ring (bicyclic) bond motifs is 5. The van der Waals surface area contributed by atoms with Crippen molar-refractivity contribution >= 4 is 21.5 Å². The topological polar surface area (TPSA) is 29.5 Å². The number of ether oxygens (including phenoxy) is 1. The zero-order valence-electron chi connectivity index (χ0n) is 10.5. The number of rotatable bonds is 0. The van der Waals surface area contributed by atoms with Gasteiger partial charge in [0.05, 0.1) is 6.10 Å². The Bertz CT molecular complexity index is 777. The van der Waals surface area contributed by atoms with E-state index in [2.05, 4.69) is 48.5 Å². The first kappa shape index (κ1) is 10.8.